The van der Waals surface area contributed by atoms with E-state index in [1.165, 1.54) is 135 Å². The standard InChI is InChI=1S/C52H94O6/c1-4-7-10-13-16-19-22-24-25-26-28-30-33-36-39-42-45-51(54)57-48-49(47-56-50(53)44-41-38-35-32-29-21-18-15-12-9-6-3)58-52(55)46-43-40-37-34-31-27-23-20-17-14-11-8-5-2/h25-28,30-31,49H,4-24,29,32-48H2,1-3H3/b26-25-,30-28-,31-27-. The third-order valence-electron chi connectivity index (χ3n) is 10.9. The summed E-state index contributed by atoms with van der Waals surface area (Å²) in [5.74, 6) is -0.922. The first kappa shape index (κ1) is 55.6. The van der Waals surface area contributed by atoms with Crippen LogP contribution in [0.5, 0.6) is 0 Å². The number of hydrogen-bond donors (Lipinski definition) is 0. The second-order valence-corrected chi connectivity index (χ2v) is 16.8. The first-order chi connectivity index (χ1) is 28.5. The third kappa shape index (κ3) is 44.7. The lowest BCUT2D eigenvalue weighted by molar-refractivity contribution is -0.167. The molecule has 0 aromatic rings. The van der Waals surface area contributed by atoms with Gasteiger partial charge in [0, 0.05) is 19.3 Å². The Balaban J connectivity index is 4.41. The van der Waals surface area contributed by atoms with Gasteiger partial charge in [-0.15, -0.1) is 0 Å². The van der Waals surface area contributed by atoms with Crippen LogP contribution < -0.4 is 0 Å². The molecule has 0 amide bonds. The summed E-state index contributed by atoms with van der Waals surface area (Å²) in [7, 11) is 0. The smallest absolute Gasteiger partial charge is 0.306 e. The minimum Gasteiger partial charge on any atom is -0.462 e. The fourth-order valence-electron chi connectivity index (χ4n) is 7.07. The van der Waals surface area contributed by atoms with Crippen molar-refractivity contribution in [1.82, 2.24) is 0 Å². The summed E-state index contributed by atoms with van der Waals surface area (Å²) >= 11 is 0. The normalized spacial score (nSPS) is 12.3. The van der Waals surface area contributed by atoms with Crippen LogP contribution >= 0.6 is 0 Å². The van der Waals surface area contributed by atoms with Crippen LogP contribution in [0, 0.1) is 0 Å². The average Bonchev–Trinajstić information content (AvgIpc) is 3.22. The monoisotopic (exact) mass is 815 g/mol. The highest BCUT2D eigenvalue weighted by atomic mass is 16.6. The highest BCUT2D eigenvalue weighted by Gasteiger charge is 2.19. The molecular weight excluding hydrogens is 721 g/mol. The molecule has 0 saturated carbocycles. The molecule has 0 rings (SSSR count). The van der Waals surface area contributed by atoms with Crippen molar-refractivity contribution in [2.75, 3.05) is 13.2 Å². The molecule has 0 fully saturated rings. The van der Waals surface area contributed by atoms with Gasteiger partial charge < -0.3 is 14.2 Å². The van der Waals surface area contributed by atoms with Crippen molar-refractivity contribution in [3.63, 3.8) is 0 Å². The zero-order valence-electron chi connectivity index (χ0n) is 38.6. The fraction of sp³-hybridized carbons (Fsp3) is 0.827. The number of allylic oxidation sites excluding steroid dienone is 6. The van der Waals surface area contributed by atoms with Gasteiger partial charge in [-0.3, -0.25) is 14.4 Å². The molecule has 58 heavy (non-hydrogen) atoms. The van der Waals surface area contributed by atoms with E-state index in [1.54, 1.807) is 0 Å². The number of hydrogen-bond acceptors (Lipinski definition) is 6. The predicted octanol–water partition coefficient (Wildman–Crippen LogP) is 16.1. The Labute approximate surface area is 359 Å². The van der Waals surface area contributed by atoms with Crippen LogP contribution in [0.1, 0.15) is 258 Å². The zero-order chi connectivity index (χ0) is 42.3. The van der Waals surface area contributed by atoms with Crippen LogP contribution in [-0.2, 0) is 28.6 Å². The highest BCUT2D eigenvalue weighted by molar-refractivity contribution is 5.71. The Hall–Kier alpha value is -2.37. The van der Waals surface area contributed by atoms with Gasteiger partial charge in [0.2, 0.25) is 0 Å². The molecule has 0 bridgehead atoms. The molecule has 0 saturated heterocycles. The van der Waals surface area contributed by atoms with E-state index in [1.807, 2.05) is 0 Å². The molecule has 0 aromatic carbocycles. The lowest BCUT2D eigenvalue weighted by Crippen LogP contribution is -2.30. The molecule has 0 aliphatic heterocycles. The highest BCUT2D eigenvalue weighted by Crippen LogP contribution is 2.14. The van der Waals surface area contributed by atoms with Crippen molar-refractivity contribution in [3.05, 3.63) is 36.5 Å². The van der Waals surface area contributed by atoms with Gasteiger partial charge in [0.25, 0.3) is 0 Å². The maximum absolute atomic E-state index is 12.7. The second kappa shape index (κ2) is 47.3. The van der Waals surface area contributed by atoms with Gasteiger partial charge in [-0.1, -0.05) is 205 Å². The third-order valence-corrected chi connectivity index (χ3v) is 10.9. The molecule has 6 heteroatoms. The predicted molar refractivity (Wildman–Crippen MR) is 247 cm³/mol. The fourth-order valence-corrected chi connectivity index (χ4v) is 7.07. The summed E-state index contributed by atoms with van der Waals surface area (Å²) in [6, 6.07) is 0. The van der Waals surface area contributed by atoms with Gasteiger partial charge in [-0.05, 0) is 70.6 Å². The largest absolute Gasteiger partial charge is 0.462 e. The summed E-state index contributed by atoms with van der Waals surface area (Å²) in [5, 5.41) is 0. The Bertz CT molecular complexity index is 984. The maximum Gasteiger partial charge on any atom is 0.306 e. The quantitative estimate of drug-likeness (QED) is 0.0200. The van der Waals surface area contributed by atoms with Crippen LogP contribution in [0.2, 0.25) is 0 Å². The van der Waals surface area contributed by atoms with Crippen molar-refractivity contribution in [2.24, 2.45) is 0 Å². The summed E-state index contributed by atoms with van der Waals surface area (Å²) in [4.78, 5) is 37.8. The van der Waals surface area contributed by atoms with Crippen LogP contribution in [0.15, 0.2) is 36.5 Å². The first-order valence-corrected chi connectivity index (χ1v) is 25.0. The molecule has 6 nitrogen and oxygen atoms in total. The van der Waals surface area contributed by atoms with Crippen LogP contribution in [0.3, 0.4) is 0 Å². The van der Waals surface area contributed by atoms with Gasteiger partial charge in [0.1, 0.15) is 13.2 Å². The number of carbonyl (C=O) groups is 3. The Morgan fingerprint density at radius 2 is 0.621 bits per heavy atom. The number of rotatable bonds is 45. The molecule has 0 spiro atoms. The Kier molecular flexibility index (Phi) is 45.4. The summed E-state index contributed by atoms with van der Waals surface area (Å²) < 4.78 is 16.7. The van der Waals surface area contributed by atoms with Crippen LogP contribution in [-0.4, -0.2) is 37.2 Å². The van der Waals surface area contributed by atoms with Crippen LogP contribution in [0.25, 0.3) is 0 Å². The van der Waals surface area contributed by atoms with E-state index in [0.717, 1.165) is 83.5 Å². The van der Waals surface area contributed by atoms with Crippen molar-refractivity contribution in [1.29, 1.82) is 0 Å². The van der Waals surface area contributed by atoms with Gasteiger partial charge in [0.15, 0.2) is 6.10 Å². The summed E-state index contributed by atoms with van der Waals surface area (Å²) in [6.45, 7) is 6.59. The minimum absolute atomic E-state index is 0.0842. The molecule has 0 aliphatic rings. The molecule has 0 N–H and O–H groups in total. The van der Waals surface area contributed by atoms with Gasteiger partial charge in [-0.2, -0.15) is 0 Å². The number of unbranched alkanes of at least 4 members (excludes halogenated alkanes) is 29. The van der Waals surface area contributed by atoms with Gasteiger partial charge >= 0.3 is 17.9 Å². The first-order valence-electron chi connectivity index (χ1n) is 25.0. The van der Waals surface area contributed by atoms with Crippen LogP contribution in [0.4, 0.5) is 0 Å². The van der Waals surface area contributed by atoms with E-state index >= 15 is 0 Å². The molecule has 0 heterocycles. The Morgan fingerprint density at radius 1 is 0.345 bits per heavy atom. The van der Waals surface area contributed by atoms with Gasteiger partial charge in [-0.25, -0.2) is 0 Å². The van der Waals surface area contributed by atoms with E-state index in [2.05, 4.69) is 57.2 Å². The lowest BCUT2D eigenvalue weighted by Gasteiger charge is -2.18. The van der Waals surface area contributed by atoms with Crippen molar-refractivity contribution in [3.8, 4) is 0 Å². The molecule has 0 radical (unpaired) electrons. The van der Waals surface area contributed by atoms with Crippen molar-refractivity contribution < 1.29 is 28.6 Å². The zero-order valence-corrected chi connectivity index (χ0v) is 38.6. The molecule has 1 unspecified atom stereocenters. The number of esters is 3. The van der Waals surface area contributed by atoms with Crippen molar-refractivity contribution in [2.45, 2.75) is 264 Å². The minimum atomic E-state index is -0.786. The summed E-state index contributed by atoms with van der Waals surface area (Å²) in [5.41, 5.74) is 0. The van der Waals surface area contributed by atoms with E-state index in [-0.39, 0.29) is 31.1 Å². The SMILES string of the molecule is CCCCCCCC/C=C\CCCCCC(=O)OC(COC(=O)CCCCC/C=C\C=C/CCCCCCCCC)COC(=O)CCCCCCCCCCCCC. The lowest BCUT2D eigenvalue weighted by atomic mass is 10.1. The molecule has 0 aliphatic carbocycles. The number of carbonyl (C=O) groups excluding carboxylic acids is 3. The number of ether oxygens (including phenoxy) is 3. The van der Waals surface area contributed by atoms with E-state index < -0.39 is 6.10 Å². The average molecular weight is 815 g/mol. The topological polar surface area (TPSA) is 78.9 Å². The maximum atomic E-state index is 12.7. The molecular formula is C52H94O6. The Morgan fingerprint density at radius 3 is 0.983 bits per heavy atom. The molecule has 338 valence electrons. The van der Waals surface area contributed by atoms with E-state index in [9.17, 15) is 14.4 Å². The van der Waals surface area contributed by atoms with E-state index in [0.29, 0.717) is 19.3 Å². The molecule has 1 atom stereocenters. The van der Waals surface area contributed by atoms with Gasteiger partial charge in [0.05, 0.1) is 0 Å². The molecule has 0 aromatic heterocycles. The second-order valence-electron chi connectivity index (χ2n) is 16.8. The summed E-state index contributed by atoms with van der Waals surface area (Å²) in [6.07, 6.45) is 54.1. The van der Waals surface area contributed by atoms with Crippen molar-refractivity contribution >= 4 is 17.9 Å². The van der Waals surface area contributed by atoms with E-state index in [4.69, 9.17) is 14.2 Å².